The maximum atomic E-state index is 14.1. The van der Waals surface area contributed by atoms with Crippen LogP contribution in [0.5, 0.6) is 0 Å². The zero-order valence-electron chi connectivity index (χ0n) is 10.5. The van der Waals surface area contributed by atoms with Crippen LogP contribution in [0.1, 0.15) is 5.56 Å². The summed E-state index contributed by atoms with van der Waals surface area (Å²) in [5, 5.41) is 6.17. The average molecular weight is 309 g/mol. The second-order valence-corrected chi connectivity index (χ2v) is 5.62. The van der Waals surface area contributed by atoms with Crippen molar-refractivity contribution in [2.45, 2.75) is 6.92 Å². The number of aryl methyl sites for hydroxylation is 1. The first-order valence-corrected chi connectivity index (χ1v) is 7.09. The third kappa shape index (κ3) is 1.99. The summed E-state index contributed by atoms with van der Waals surface area (Å²) in [6, 6.07) is 6.44. The van der Waals surface area contributed by atoms with E-state index in [1.165, 1.54) is 17.4 Å². The number of nitrogen functional groups attached to an aromatic ring is 1. The lowest BCUT2D eigenvalue weighted by atomic mass is 10.0. The topological polar surface area (TPSA) is 52.0 Å². The van der Waals surface area contributed by atoms with Crippen LogP contribution in [0.25, 0.3) is 21.7 Å². The number of nitrogens with zero attached hydrogens (tertiary/aromatic N) is 1. The minimum absolute atomic E-state index is 0.0554. The van der Waals surface area contributed by atoms with E-state index in [2.05, 4.69) is 5.16 Å². The molecule has 0 amide bonds. The fraction of sp³-hybridized carbons (Fsp3) is 0.0714. The van der Waals surface area contributed by atoms with Crippen molar-refractivity contribution < 1.29 is 8.91 Å². The van der Waals surface area contributed by atoms with E-state index in [1.807, 2.05) is 18.4 Å². The van der Waals surface area contributed by atoms with Crippen molar-refractivity contribution in [2.75, 3.05) is 5.73 Å². The smallest absolute Gasteiger partial charge is 0.230 e. The molecule has 0 aliphatic heterocycles. The van der Waals surface area contributed by atoms with Gasteiger partial charge in [0.25, 0.3) is 0 Å². The summed E-state index contributed by atoms with van der Waals surface area (Å²) < 4.78 is 19.2. The predicted octanol–water partition coefficient (Wildman–Crippen LogP) is 4.75. The van der Waals surface area contributed by atoms with Gasteiger partial charge in [-0.3, -0.25) is 0 Å². The molecule has 1 aromatic carbocycles. The van der Waals surface area contributed by atoms with Crippen LogP contribution in [-0.2, 0) is 0 Å². The van der Waals surface area contributed by atoms with Gasteiger partial charge in [0.15, 0.2) is 0 Å². The van der Waals surface area contributed by atoms with E-state index >= 15 is 0 Å². The van der Waals surface area contributed by atoms with Crippen LogP contribution in [0.3, 0.4) is 0 Å². The summed E-state index contributed by atoms with van der Waals surface area (Å²) in [6.07, 6.45) is 0. The molecule has 0 bridgehead atoms. The van der Waals surface area contributed by atoms with Crippen LogP contribution in [-0.4, -0.2) is 5.16 Å². The maximum absolute atomic E-state index is 14.1. The number of thiophene rings is 1. The van der Waals surface area contributed by atoms with E-state index in [1.54, 1.807) is 12.1 Å². The molecule has 2 N–H and O–H groups in total. The number of rotatable bonds is 2. The van der Waals surface area contributed by atoms with Gasteiger partial charge in [-0.15, -0.1) is 11.3 Å². The van der Waals surface area contributed by atoms with Gasteiger partial charge in [0, 0.05) is 5.56 Å². The Kier molecular flexibility index (Phi) is 3.23. The standard InChI is InChI=1S/C14H10ClFN2OS/c1-7-5-6-20-13(7)12-11(14(17)19-18-12)10-8(15)3-2-4-9(10)16/h2-6H,17H2,1H3. The van der Waals surface area contributed by atoms with Crippen LogP contribution in [0.2, 0.25) is 5.02 Å². The van der Waals surface area contributed by atoms with Crippen LogP contribution >= 0.6 is 22.9 Å². The van der Waals surface area contributed by atoms with Crippen LogP contribution in [0.4, 0.5) is 10.3 Å². The molecule has 3 aromatic rings. The van der Waals surface area contributed by atoms with E-state index in [0.29, 0.717) is 11.3 Å². The molecule has 0 aliphatic carbocycles. The third-order valence-electron chi connectivity index (χ3n) is 3.01. The number of nitrogens with two attached hydrogens (primary N) is 1. The Morgan fingerprint density at radius 1 is 1.30 bits per heavy atom. The fourth-order valence-electron chi connectivity index (χ4n) is 2.05. The van der Waals surface area contributed by atoms with E-state index in [4.69, 9.17) is 21.9 Å². The summed E-state index contributed by atoms with van der Waals surface area (Å²) in [5.74, 6) is -0.400. The van der Waals surface area contributed by atoms with Gasteiger partial charge in [-0.25, -0.2) is 4.39 Å². The molecule has 0 spiro atoms. The molecule has 6 heteroatoms. The number of aromatic nitrogens is 1. The SMILES string of the molecule is Cc1ccsc1-c1noc(N)c1-c1c(F)cccc1Cl. The van der Waals surface area contributed by atoms with E-state index < -0.39 is 5.82 Å². The minimum atomic E-state index is -0.456. The Morgan fingerprint density at radius 3 is 2.75 bits per heavy atom. The molecule has 3 rings (SSSR count). The third-order valence-corrected chi connectivity index (χ3v) is 4.35. The summed E-state index contributed by atoms with van der Waals surface area (Å²) >= 11 is 7.60. The highest BCUT2D eigenvalue weighted by molar-refractivity contribution is 7.13. The summed E-state index contributed by atoms with van der Waals surface area (Å²) in [5.41, 5.74) is 7.98. The van der Waals surface area contributed by atoms with Gasteiger partial charge in [0.2, 0.25) is 5.88 Å². The number of benzene rings is 1. The Balaban J connectivity index is 2.31. The molecule has 2 aromatic heterocycles. The lowest BCUT2D eigenvalue weighted by Gasteiger charge is -2.06. The van der Waals surface area contributed by atoms with Gasteiger partial charge in [-0.05, 0) is 36.1 Å². The van der Waals surface area contributed by atoms with Crippen molar-refractivity contribution in [3.8, 4) is 21.7 Å². The highest BCUT2D eigenvalue weighted by Gasteiger charge is 2.24. The summed E-state index contributed by atoms with van der Waals surface area (Å²) in [7, 11) is 0. The molecular formula is C14H10ClFN2OS. The van der Waals surface area contributed by atoms with Crippen molar-refractivity contribution in [3.63, 3.8) is 0 Å². The van der Waals surface area contributed by atoms with Crippen molar-refractivity contribution in [3.05, 3.63) is 46.0 Å². The second kappa shape index (κ2) is 4.92. The maximum Gasteiger partial charge on any atom is 0.230 e. The molecular weight excluding hydrogens is 299 g/mol. The van der Waals surface area contributed by atoms with E-state index in [0.717, 1.165) is 10.4 Å². The molecule has 0 fully saturated rings. The Morgan fingerprint density at radius 2 is 2.10 bits per heavy atom. The highest BCUT2D eigenvalue weighted by Crippen LogP contribution is 2.43. The van der Waals surface area contributed by atoms with Crippen LogP contribution < -0.4 is 5.73 Å². The van der Waals surface area contributed by atoms with E-state index in [-0.39, 0.29) is 16.5 Å². The van der Waals surface area contributed by atoms with Gasteiger partial charge in [-0.2, -0.15) is 0 Å². The molecule has 3 nitrogen and oxygen atoms in total. The normalized spacial score (nSPS) is 10.9. The van der Waals surface area contributed by atoms with Crippen molar-refractivity contribution in [1.82, 2.24) is 5.16 Å². The Hall–Kier alpha value is -1.85. The first-order valence-electron chi connectivity index (χ1n) is 5.83. The molecule has 20 heavy (non-hydrogen) atoms. The Bertz CT molecular complexity index is 761. The summed E-state index contributed by atoms with van der Waals surface area (Å²) in [4.78, 5) is 0.889. The number of hydrogen-bond donors (Lipinski definition) is 1. The predicted molar refractivity (Wildman–Crippen MR) is 79.4 cm³/mol. The fourth-order valence-corrected chi connectivity index (χ4v) is 3.22. The first-order chi connectivity index (χ1) is 9.59. The molecule has 102 valence electrons. The van der Waals surface area contributed by atoms with Crippen LogP contribution in [0, 0.1) is 12.7 Å². The quantitative estimate of drug-likeness (QED) is 0.743. The first kappa shape index (κ1) is 13.1. The van der Waals surface area contributed by atoms with Crippen molar-refractivity contribution >= 4 is 28.8 Å². The lowest BCUT2D eigenvalue weighted by Crippen LogP contribution is -1.91. The minimum Gasteiger partial charge on any atom is -0.367 e. The summed E-state index contributed by atoms with van der Waals surface area (Å²) in [6.45, 7) is 1.95. The van der Waals surface area contributed by atoms with Crippen molar-refractivity contribution in [2.24, 2.45) is 0 Å². The molecule has 0 unspecified atom stereocenters. The molecule has 2 heterocycles. The number of hydrogen-bond acceptors (Lipinski definition) is 4. The van der Waals surface area contributed by atoms with Crippen LogP contribution in [0.15, 0.2) is 34.2 Å². The zero-order chi connectivity index (χ0) is 14.3. The zero-order valence-corrected chi connectivity index (χ0v) is 12.1. The highest BCUT2D eigenvalue weighted by atomic mass is 35.5. The van der Waals surface area contributed by atoms with Gasteiger partial charge in [0.1, 0.15) is 11.5 Å². The van der Waals surface area contributed by atoms with Gasteiger partial charge in [-0.1, -0.05) is 22.8 Å². The molecule has 0 aliphatic rings. The van der Waals surface area contributed by atoms with Gasteiger partial charge in [0.05, 0.1) is 15.5 Å². The van der Waals surface area contributed by atoms with Crippen molar-refractivity contribution in [1.29, 1.82) is 0 Å². The van der Waals surface area contributed by atoms with Gasteiger partial charge < -0.3 is 10.3 Å². The molecule has 0 saturated heterocycles. The number of halogens is 2. The monoisotopic (exact) mass is 308 g/mol. The second-order valence-electron chi connectivity index (χ2n) is 4.30. The molecule has 0 radical (unpaired) electrons. The average Bonchev–Trinajstić information content (AvgIpc) is 2.97. The largest absolute Gasteiger partial charge is 0.367 e. The molecule has 0 atom stereocenters. The lowest BCUT2D eigenvalue weighted by molar-refractivity contribution is 0.439. The van der Waals surface area contributed by atoms with Gasteiger partial charge >= 0.3 is 0 Å². The number of anilines is 1. The molecule has 0 saturated carbocycles. The Labute approximate surface area is 123 Å². The van der Waals surface area contributed by atoms with E-state index in [9.17, 15) is 4.39 Å².